The molecular weight excluding hydrogens is 262 g/mol. The van der Waals surface area contributed by atoms with Crippen LogP contribution in [0.4, 0.5) is 0 Å². The Kier molecular flexibility index (Phi) is 3.37. The van der Waals surface area contributed by atoms with E-state index < -0.39 is 16.0 Å². The van der Waals surface area contributed by atoms with Crippen molar-refractivity contribution in [3.05, 3.63) is 11.4 Å². The third kappa shape index (κ3) is 2.52. The van der Waals surface area contributed by atoms with Crippen LogP contribution in [-0.2, 0) is 19.5 Å². The third-order valence-corrected chi connectivity index (χ3v) is 3.60. The molecule has 1 unspecified atom stereocenters. The number of nitrogens with zero attached hydrogens (tertiary/aromatic N) is 1. The van der Waals surface area contributed by atoms with E-state index in [9.17, 15) is 13.2 Å². The molecule has 1 saturated heterocycles. The molecule has 1 aromatic heterocycles. The lowest BCUT2D eigenvalue weighted by molar-refractivity contribution is 0.0259. The summed E-state index contributed by atoms with van der Waals surface area (Å²) < 4.78 is 32.9. The van der Waals surface area contributed by atoms with Crippen molar-refractivity contribution in [2.75, 3.05) is 13.2 Å². The van der Waals surface area contributed by atoms with E-state index in [1.807, 2.05) is 0 Å². The lowest BCUT2D eigenvalue weighted by atomic mass is 10.3. The number of ether oxygens (including phenoxy) is 2. The second kappa shape index (κ2) is 4.67. The average Bonchev–Trinajstić information content (AvgIpc) is 2.85. The van der Waals surface area contributed by atoms with Crippen molar-refractivity contribution in [1.29, 1.82) is 0 Å². The van der Waals surface area contributed by atoms with Gasteiger partial charge in [-0.3, -0.25) is 5.10 Å². The summed E-state index contributed by atoms with van der Waals surface area (Å²) in [4.78, 5) is 11.5. The fourth-order valence-electron chi connectivity index (χ4n) is 1.72. The zero-order chi connectivity index (χ0) is 13.3. The van der Waals surface area contributed by atoms with Gasteiger partial charge in [-0.25, -0.2) is 18.4 Å². The molecule has 100 valence electrons. The molecule has 2 rings (SSSR count). The van der Waals surface area contributed by atoms with E-state index in [0.717, 1.165) is 0 Å². The standard InChI is InChI=1S/C9H13N3O5S/c1-5-8(18(10,14)15)7(12-11-5)9(13)17-6-2-3-16-4-6/h6H,2-4H2,1H3,(H,11,12)(H2,10,14,15). The first-order chi connectivity index (χ1) is 8.39. The Morgan fingerprint density at radius 2 is 2.33 bits per heavy atom. The lowest BCUT2D eigenvalue weighted by Gasteiger charge is -2.09. The van der Waals surface area contributed by atoms with Gasteiger partial charge in [0, 0.05) is 6.42 Å². The van der Waals surface area contributed by atoms with Crippen LogP contribution in [0.5, 0.6) is 0 Å². The number of H-pyrrole nitrogens is 1. The Labute approximate surface area is 104 Å². The first-order valence-corrected chi connectivity index (χ1v) is 6.80. The quantitative estimate of drug-likeness (QED) is 0.703. The maximum absolute atomic E-state index is 11.8. The molecule has 0 bridgehead atoms. The molecule has 1 fully saturated rings. The number of nitrogens with one attached hydrogen (secondary N) is 1. The summed E-state index contributed by atoms with van der Waals surface area (Å²) in [6, 6.07) is 0. The minimum Gasteiger partial charge on any atom is -0.455 e. The molecule has 18 heavy (non-hydrogen) atoms. The number of sulfonamides is 1. The topological polar surface area (TPSA) is 124 Å². The number of carbonyl (C=O) groups excluding carboxylic acids is 1. The van der Waals surface area contributed by atoms with Gasteiger partial charge in [-0.15, -0.1) is 0 Å². The van der Waals surface area contributed by atoms with E-state index in [2.05, 4.69) is 10.2 Å². The Morgan fingerprint density at radius 1 is 1.61 bits per heavy atom. The van der Waals surface area contributed by atoms with E-state index in [0.29, 0.717) is 19.6 Å². The van der Waals surface area contributed by atoms with Gasteiger partial charge in [0.25, 0.3) is 0 Å². The first kappa shape index (κ1) is 13.0. The first-order valence-electron chi connectivity index (χ1n) is 5.26. The number of primary sulfonamides is 1. The van der Waals surface area contributed by atoms with Crippen molar-refractivity contribution >= 4 is 16.0 Å². The fourth-order valence-corrected chi connectivity index (χ4v) is 2.59. The van der Waals surface area contributed by atoms with Gasteiger partial charge in [0.05, 0.1) is 18.9 Å². The number of aryl methyl sites for hydroxylation is 1. The summed E-state index contributed by atoms with van der Waals surface area (Å²) >= 11 is 0. The van der Waals surface area contributed by atoms with Gasteiger partial charge in [0.1, 0.15) is 11.0 Å². The molecule has 1 aliphatic heterocycles. The van der Waals surface area contributed by atoms with Crippen LogP contribution in [-0.4, -0.2) is 43.9 Å². The summed E-state index contributed by atoms with van der Waals surface area (Å²) in [6.45, 7) is 2.28. The summed E-state index contributed by atoms with van der Waals surface area (Å²) in [5.41, 5.74) is -0.117. The van der Waals surface area contributed by atoms with Crippen molar-refractivity contribution in [2.45, 2.75) is 24.3 Å². The average molecular weight is 275 g/mol. The minimum atomic E-state index is -4.03. The van der Waals surface area contributed by atoms with Gasteiger partial charge in [-0.1, -0.05) is 0 Å². The van der Waals surface area contributed by atoms with Crippen LogP contribution in [0.25, 0.3) is 0 Å². The van der Waals surface area contributed by atoms with E-state index in [1.165, 1.54) is 6.92 Å². The number of carbonyl (C=O) groups is 1. The van der Waals surface area contributed by atoms with Crippen molar-refractivity contribution in [1.82, 2.24) is 10.2 Å². The van der Waals surface area contributed by atoms with Crippen LogP contribution in [0.2, 0.25) is 0 Å². The fraction of sp³-hybridized carbons (Fsp3) is 0.556. The summed E-state index contributed by atoms with van der Waals surface area (Å²) in [6.07, 6.45) is 0.211. The van der Waals surface area contributed by atoms with Gasteiger partial charge in [-0.05, 0) is 6.92 Å². The van der Waals surface area contributed by atoms with Crippen LogP contribution < -0.4 is 5.14 Å². The molecule has 3 N–H and O–H groups in total. The van der Waals surface area contributed by atoms with E-state index in [4.69, 9.17) is 14.6 Å². The number of esters is 1. The molecule has 0 saturated carbocycles. The largest absolute Gasteiger partial charge is 0.455 e. The monoisotopic (exact) mass is 275 g/mol. The number of rotatable bonds is 3. The maximum atomic E-state index is 11.8. The van der Waals surface area contributed by atoms with Gasteiger partial charge in [0.15, 0.2) is 5.69 Å². The van der Waals surface area contributed by atoms with E-state index in [-0.39, 0.29) is 22.4 Å². The molecule has 0 aliphatic carbocycles. The van der Waals surface area contributed by atoms with Crippen molar-refractivity contribution in [3.63, 3.8) is 0 Å². The van der Waals surface area contributed by atoms with Crippen LogP contribution in [0.1, 0.15) is 22.6 Å². The SMILES string of the molecule is Cc1[nH]nc(C(=O)OC2CCOC2)c1S(N)(=O)=O. The highest BCUT2D eigenvalue weighted by Gasteiger charge is 2.29. The lowest BCUT2D eigenvalue weighted by Crippen LogP contribution is -2.22. The Morgan fingerprint density at radius 3 is 2.89 bits per heavy atom. The number of hydrogen-bond donors (Lipinski definition) is 2. The van der Waals surface area contributed by atoms with E-state index >= 15 is 0 Å². The highest BCUT2D eigenvalue weighted by Crippen LogP contribution is 2.18. The van der Waals surface area contributed by atoms with Crippen molar-refractivity contribution < 1.29 is 22.7 Å². The second-order valence-corrected chi connectivity index (χ2v) is 5.46. The molecule has 9 heteroatoms. The summed E-state index contributed by atoms with van der Waals surface area (Å²) in [5, 5.41) is 11.1. The zero-order valence-electron chi connectivity index (χ0n) is 9.67. The molecule has 1 atom stereocenters. The Hall–Kier alpha value is -1.45. The molecule has 2 heterocycles. The molecule has 0 aromatic carbocycles. The Balaban J connectivity index is 2.25. The number of nitrogens with two attached hydrogens (primary N) is 1. The summed E-state index contributed by atoms with van der Waals surface area (Å²) in [5.74, 6) is -0.820. The second-order valence-electron chi connectivity index (χ2n) is 3.96. The van der Waals surface area contributed by atoms with Gasteiger partial charge in [-0.2, -0.15) is 5.10 Å². The smallest absolute Gasteiger partial charge is 0.360 e. The normalized spacial score (nSPS) is 20.0. The van der Waals surface area contributed by atoms with Crippen LogP contribution >= 0.6 is 0 Å². The molecule has 1 aliphatic rings. The molecule has 0 radical (unpaired) electrons. The van der Waals surface area contributed by atoms with Crippen LogP contribution in [0.15, 0.2) is 4.90 Å². The summed E-state index contributed by atoms with van der Waals surface area (Å²) in [7, 11) is -4.03. The third-order valence-electron chi connectivity index (χ3n) is 2.53. The molecule has 0 spiro atoms. The number of aromatic nitrogens is 2. The highest BCUT2D eigenvalue weighted by atomic mass is 32.2. The zero-order valence-corrected chi connectivity index (χ0v) is 10.5. The minimum absolute atomic E-state index is 0.201. The van der Waals surface area contributed by atoms with E-state index in [1.54, 1.807) is 0 Å². The van der Waals surface area contributed by atoms with Crippen molar-refractivity contribution in [3.8, 4) is 0 Å². The van der Waals surface area contributed by atoms with Crippen molar-refractivity contribution in [2.24, 2.45) is 5.14 Å². The molecule has 1 aromatic rings. The van der Waals surface area contributed by atoms with Crippen LogP contribution in [0.3, 0.4) is 0 Å². The predicted octanol–water partition coefficient (Wildman–Crippen LogP) is -0.689. The van der Waals surface area contributed by atoms with Crippen LogP contribution in [0, 0.1) is 6.92 Å². The predicted molar refractivity (Wildman–Crippen MR) is 59.3 cm³/mol. The number of hydrogen-bond acceptors (Lipinski definition) is 6. The van der Waals surface area contributed by atoms with Gasteiger partial charge in [0.2, 0.25) is 10.0 Å². The highest BCUT2D eigenvalue weighted by molar-refractivity contribution is 7.89. The maximum Gasteiger partial charge on any atom is 0.360 e. The Bertz CT molecular complexity index is 559. The number of aromatic amines is 1. The molecule has 8 nitrogen and oxygen atoms in total. The molecule has 0 amide bonds. The van der Waals surface area contributed by atoms with Gasteiger partial charge >= 0.3 is 5.97 Å². The van der Waals surface area contributed by atoms with Gasteiger partial charge < -0.3 is 9.47 Å². The molecular formula is C9H13N3O5S.